The Balaban J connectivity index is 1.83. The first-order valence-electron chi connectivity index (χ1n) is 7.65. The second kappa shape index (κ2) is 7.33. The Morgan fingerprint density at radius 2 is 1.96 bits per heavy atom. The fraction of sp³-hybridized carbons (Fsp3) is 0.438. The quantitative estimate of drug-likeness (QED) is 0.775. The number of methoxy groups -OCH3 is 2. The molecule has 1 saturated carbocycles. The van der Waals surface area contributed by atoms with E-state index in [1.807, 2.05) is 18.2 Å². The minimum atomic E-state index is -1.99. The Morgan fingerprint density at radius 1 is 1.21 bits per heavy atom. The predicted molar refractivity (Wildman–Crippen MR) is 90.8 cm³/mol. The van der Waals surface area contributed by atoms with Crippen LogP contribution >= 0.6 is 0 Å². The third-order valence-corrected chi connectivity index (χ3v) is 4.69. The molecule has 0 spiro atoms. The van der Waals surface area contributed by atoms with Gasteiger partial charge in [-0.1, -0.05) is 0 Å². The summed E-state index contributed by atoms with van der Waals surface area (Å²) < 4.78 is 39.2. The van der Waals surface area contributed by atoms with Gasteiger partial charge in [0.05, 0.1) is 19.7 Å². The van der Waals surface area contributed by atoms with E-state index in [2.05, 4.69) is 9.71 Å². The second-order valence-corrected chi connectivity index (χ2v) is 6.38. The highest BCUT2D eigenvalue weighted by atomic mass is 32.2. The highest BCUT2D eigenvalue weighted by Gasteiger charge is 2.27. The monoisotopic (exact) mass is 352 g/mol. The molecule has 130 valence electrons. The average molecular weight is 352 g/mol. The fourth-order valence-corrected chi connectivity index (χ4v) is 3.53. The summed E-state index contributed by atoms with van der Waals surface area (Å²) in [6.07, 6.45) is 3.99. The minimum absolute atomic E-state index is 0.00949. The summed E-state index contributed by atoms with van der Waals surface area (Å²) in [5, 5.41) is 0.845. The highest BCUT2D eigenvalue weighted by Crippen LogP contribution is 2.36. The lowest BCUT2D eigenvalue weighted by Gasteiger charge is -2.16. The molecule has 0 amide bonds. The van der Waals surface area contributed by atoms with Crippen LogP contribution in [0.2, 0.25) is 0 Å². The SMILES string of the molecule is COc1cc2nccc(OC3CCC(NS(=O)O)C3)c2cc1OC. The Hall–Kier alpha value is -1.90. The molecule has 2 N–H and O–H groups in total. The van der Waals surface area contributed by atoms with E-state index < -0.39 is 11.3 Å². The molecule has 3 rings (SSSR count). The van der Waals surface area contributed by atoms with Gasteiger partial charge < -0.3 is 14.2 Å². The first-order chi connectivity index (χ1) is 11.6. The van der Waals surface area contributed by atoms with Gasteiger partial charge in [0.15, 0.2) is 11.5 Å². The molecule has 3 unspecified atom stereocenters. The summed E-state index contributed by atoms with van der Waals surface area (Å²) >= 11 is -1.99. The lowest BCUT2D eigenvalue weighted by molar-refractivity contribution is 0.210. The molecule has 1 fully saturated rings. The van der Waals surface area contributed by atoms with Gasteiger partial charge in [0.2, 0.25) is 11.3 Å². The standard InChI is InChI=1S/C16H20N2O5S/c1-21-15-8-12-13(9-16(15)22-2)17-6-5-14(12)23-11-4-3-10(7-11)18-24(19)20/h5-6,8-11,18H,3-4,7H2,1-2H3,(H,19,20). The smallest absolute Gasteiger partial charge is 0.231 e. The Bertz CT molecular complexity index is 755. The Morgan fingerprint density at radius 3 is 2.67 bits per heavy atom. The maximum atomic E-state index is 10.9. The van der Waals surface area contributed by atoms with Crippen molar-refractivity contribution in [2.75, 3.05) is 14.2 Å². The zero-order chi connectivity index (χ0) is 17.1. The van der Waals surface area contributed by atoms with E-state index in [1.54, 1.807) is 20.4 Å². The van der Waals surface area contributed by atoms with E-state index in [1.165, 1.54) is 0 Å². The van der Waals surface area contributed by atoms with Crippen LogP contribution in [-0.2, 0) is 11.3 Å². The summed E-state index contributed by atoms with van der Waals surface area (Å²) in [5.41, 5.74) is 0.759. The maximum Gasteiger partial charge on any atom is 0.231 e. The molecule has 1 aliphatic rings. The number of pyridine rings is 1. The molecule has 0 saturated heterocycles. The summed E-state index contributed by atoms with van der Waals surface area (Å²) in [7, 11) is 3.17. The van der Waals surface area contributed by atoms with Crippen molar-refractivity contribution in [3.63, 3.8) is 0 Å². The van der Waals surface area contributed by atoms with Crippen LogP contribution in [0.25, 0.3) is 10.9 Å². The number of nitrogens with one attached hydrogen (secondary N) is 1. The Kier molecular flexibility index (Phi) is 5.17. The molecule has 24 heavy (non-hydrogen) atoms. The van der Waals surface area contributed by atoms with Crippen LogP contribution in [0.4, 0.5) is 0 Å². The zero-order valence-electron chi connectivity index (χ0n) is 13.5. The number of aromatic nitrogens is 1. The molecule has 3 atom stereocenters. The van der Waals surface area contributed by atoms with Gasteiger partial charge in [-0.15, -0.1) is 0 Å². The Labute approximate surface area is 142 Å². The molecule has 1 aliphatic carbocycles. The van der Waals surface area contributed by atoms with Gasteiger partial charge in [-0.05, 0) is 25.0 Å². The number of ether oxygens (including phenoxy) is 3. The van der Waals surface area contributed by atoms with Gasteiger partial charge in [-0.3, -0.25) is 9.54 Å². The number of benzene rings is 1. The van der Waals surface area contributed by atoms with Gasteiger partial charge in [0, 0.05) is 30.1 Å². The number of hydrogen-bond donors (Lipinski definition) is 2. The molecule has 1 aromatic heterocycles. The lowest BCUT2D eigenvalue weighted by atomic mass is 10.1. The van der Waals surface area contributed by atoms with Gasteiger partial charge in [0.1, 0.15) is 11.9 Å². The van der Waals surface area contributed by atoms with E-state index in [0.717, 1.165) is 29.5 Å². The fourth-order valence-electron chi connectivity index (χ4n) is 3.03. The topological polar surface area (TPSA) is 89.9 Å². The van der Waals surface area contributed by atoms with Crippen molar-refractivity contribution in [2.24, 2.45) is 0 Å². The molecule has 0 aliphatic heterocycles. The van der Waals surface area contributed by atoms with Crippen molar-refractivity contribution in [1.29, 1.82) is 0 Å². The van der Waals surface area contributed by atoms with Crippen LogP contribution in [0.1, 0.15) is 19.3 Å². The van der Waals surface area contributed by atoms with Crippen LogP contribution in [0.15, 0.2) is 24.4 Å². The van der Waals surface area contributed by atoms with E-state index in [0.29, 0.717) is 17.9 Å². The third kappa shape index (κ3) is 3.61. The number of nitrogens with zero attached hydrogens (tertiary/aromatic N) is 1. The number of rotatable bonds is 6. The molecule has 8 heteroatoms. The lowest BCUT2D eigenvalue weighted by Crippen LogP contribution is -2.29. The van der Waals surface area contributed by atoms with Gasteiger partial charge in [0.25, 0.3) is 0 Å². The molecule has 0 bridgehead atoms. The number of hydrogen-bond acceptors (Lipinski definition) is 5. The van der Waals surface area contributed by atoms with Crippen molar-refractivity contribution >= 4 is 22.2 Å². The minimum Gasteiger partial charge on any atom is -0.493 e. The molecule has 1 heterocycles. The second-order valence-electron chi connectivity index (χ2n) is 5.65. The van der Waals surface area contributed by atoms with Gasteiger partial charge in [-0.2, -0.15) is 0 Å². The summed E-state index contributed by atoms with van der Waals surface area (Å²) in [5.74, 6) is 1.95. The predicted octanol–water partition coefficient (Wildman–Crippen LogP) is 2.28. The molecule has 1 aromatic carbocycles. The summed E-state index contributed by atoms with van der Waals surface area (Å²) in [6, 6.07) is 5.47. The van der Waals surface area contributed by atoms with Crippen LogP contribution in [0, 0.1) is 0 Å². The van der Waals surface area contributed by atoms with Crippen molar-refractivity contribution < 1.29 is 23.0 Å². The number of fused-ring (bicyclic) bond motifs is 1. The third-order valence-electron chi connectivity index (χ3n) is 4.15. The van der Waals surface area contributed by atoms with E-state index in [-0.39, 0.29) is 12.1 Å². The van der Waals surface area contributed by atoms with Crippen LogP contribution in [0.5, 0.6) is 17.2 Å². The van der Waals surface area contributed by atoms with E-state index in [9.17, 15) is 4.21 Å². The van der Waals surface area contributed by atoms with E-state index in [4.69, 9.17) is 18.8 Å². The van der Waals surface area contributed by atoms with Crippen LogP contribution < -0.4 is 18.9 Å². The zero-order valence-corrected chi connectivity index (χ0v) is 14.3. The molecule has 0 radical (unpaired) electrons. The maximum absolute atomic E-state index is 10.9. The van der Waals surface area contributed by atoms with Crippen LogP contribution in [-0.4, -0.2) is 40.1 Å². The first-order valence-corrected chi connectivity index (χ1v) is 8.75. The van der Waals surface area contributed by atoms with Crippen molar-refractivity contribution in [1.82, 2.24) is 9.71 Å². The average Bonchev–Trinajstić information content (AvgIpc) is 3.00. The molecular weight excluding hydrogens is 332 g/mol. The van der Waals surface area contributed by atoms with Gasteiger partial charge >= 0.3 is 0 Å². The summed E-state index contributed by atoms with van der Waals surface area (Å²) in [4.78, 5) is 4.35. The van der Waals surface area contributed by atoms with Crippen LogP contribution in [0.3, 0.4) is 0 Å². The molecular formula is C16H20N2O5S. The van der Waals surface area contributed by atoms with Crippen molar-refractivity contribution in [2.45, 2.75) is 31.4 Å². The summed E-state index contributed by atoms with van der Waals surface area (Å²) in [6.45, 7) is 0. The van der Waals surface area contributed by atoms with Crippen molar-refractivity contribution in [3.05, 3.63) is 24.4 Å². The largest absolute Gasteiger partial charge is 0.493 e. The van der Waals surface area contributed by atoms with Crippen molar-refractivity contribution in [3.8, 4) is 17.2 Å². The first kappa shape index (κ1) is 16.9. The van der Waals surface area contributed by atoms with Gasteiger partial charge in [-0.25, -0.2) is 8.93 Å². The normalized spacial score (nSPS) is 21.6. The molecule has 2 aromatic rings. The van der Waals surface area contributed by atoms with E-state index >= 15 is 0 Å². The highest BCUT2D eigenvalue weighted by molar-refractivity contribution is 7.77. The molecule has 7 nitrogen and oxygen atoms in total.